The zero-order valence-corrected chi connectivity index (χ0v) is 11.9. The molecule has 0 saturated heterocycles. The van der Waals surface area contributed by atoms with Crippen LogP contribution in [0.1, 0.15) is 27.7 Å². The summed E-state index contributed by atoms with van der Waals surface area (Å²) in [6, 6.07) is 9.59. The summed E-state index contributed by atoms with van der Waals surface area (Å²) in [5.74, 6) is 0. The molecule has 0 aromatic heterocycles. The van der Waals surface area contributed by atoms with Crippen LogP contribution in [0, 0.1) is 0 Å². The molecule has 1 aromatic rings. The average Bonchev–Trinajstić information content (AvgIpc) is 2.17. The van der Waals surface area contributed by atoms with E-state index in [0.29, 0.717) is 5.30 Å². The molecule has 0 fully saturated rings. The van der Waals surface area contributed by atoms with Crippen LogP contribution in [0.4, 0.5) is 0 Å². The topological polar surface area (TPSA) is 20.3 Å². The molecule has 0 radical (unpaired) electrons. The number of nitrogens with zero attached hydrogens (tertiary/aromatic N) is 1. The summed E-state index contributed by atoms with van der Waals surface area (Å²) in [6.45, 7) is 5.09. The maximum Gasteiger partial charge on any atom is 0.264 e. The van der Waals surface area contributed by atoms with Crippen molar-refractivity contribution in [1.29, 1.82) is 0 Å². The quantitative estimate of drug-likeness (QED) is 0.765. The van der Waals surface area contributed by atoms with Crippen molar-refractivity contribution < 1.29 is 4.57 Å². The molecule has 4 heteroatoms. The summed E-state index contributed by atoms with van der Waals surface area (Å²) < 4.78 is 14.6. The Hall–Kier alpha value is -0.300. The molecule has 1 unspecified atom stereocenters. The Balaban J connectivity index is 3.14. The van der Waals surface area contributed by atoms with Crippen molar-refractivity contribution in [3.63, 3.8) is 0 Å². The Kier molecular flexibility index (Phi) is 4.61. The highest BCUT2D eigenvalue weighted by Crippen LogP contribution is 2.55. The predicted octanol–water partition coefficient (Wildman–Crippen LogP) is 3.86. The van der Waals surface area contributed by atoms with Gasteiger partial charge in [0.1, 0.15) is 0 Å². The zero-order valence-electron chi connectivity index (χ0n) is 10.2. The maximum atomic E-state index is 12.7. The molecule has 0 aliphatic carbocycles. The van der Waals surface area contributed by atoms with E-state index < -0.39 is 6.65 Å². The molecule has 1 atom stereocenters. The third-order valence-corrected chi connectivity index (χ3v) is 5.99. The van der Waals surface area contributed by atoms with Gasteiger partial charge in [-0.1, -0.05) is 18.2 Å². The molecular formula is C12H19ClNOP. The molecule has 0 spiro atoms. The minimum absolute atomic E-state index is 0.156. The SMILES string of the molecule is CC(C)N(C(C)C)P(=O)(Cl)c1ccccc1. The first-order chi connectivity index (χ1) is 7.37. The Morgan fingerprint density at radius 1 is 1.06 bits per heavy atom. The van der Waals surface area contributed by atoms with E-state index in [-0.39, 0.29) is 12.1 Å². The summed E-state index contributed by atoms with van der Waals surface area (Å²) in [7, 11) is 0. The monoisotopic (exact) mass is 259 g/mol. The molecule has 0 amide bonds. The van der Waals surface area contributed by atoms with Gasteiger partial charge in [-0.3, -0.25) is 4.57 Å². The van der Waals surface area contributed by atoms with Crippen LogP contribution < -0.4 is 5.30 Å². The van der Waals surface area contributed by atoms with Crippen LogP contribution in [0.5, 0.6) is 0 Å². The molecule has 0 bridgehead atoms. The van der Waals surface area contributed by atoms with Crippen molar-refractivity contribution in [1.82, 2.24) is 4.67 Å². The predicted molar refractivity (Wildman–Crippen MR) is 71.6 cm³/mol. The lowest BCUT2D eigenvalue weighted by atomic mass is 10.3. The van der Waals surface area contributed by atoms with Crippen LogP contribution in [0.15, 0.2) is 30.3 Å². The fourth-order valence-electron chi connectivity index (χ4n) is 1.94. The van der Waals surface area contributed by atoms with Crippen LogP contribution in [-0.4, -0.2) is 16.8 Å². The molecular weight excluding hydrogens is 241 g/mol. The van der Waals surface area contributed by atoms with Gasteiger partial charge in [-0.15, -0.1) is 0 Å². The summed E-state index contributed by atoms with van der Waals surface area (Å²) >= 11 is 6.30. The van der Waals surface area contributed by atoms with Crippen molar-refractivity contribution in [3.05, 3.63) is 30.3 Å². The fourth-order valence-corrected chi connectivity index (χ4v) is 5.32. The second kappa shape index (κ2) is 5.35. The molecule has 0 heterocycles. The fraction of sp³-hybridized carbons (Fsp3) is 0.500. The van der Waals surface area contributed by atoms with E-state index in [1.165, 1.54) is 0 Å². The first-order valence-electron chi connectivity index (χ1n) is 5.51. The van der Waals surface area contributed by atoms with Gasteiger partial charge in [-0.05, 0) is 51.1 Å². The summed E-state index contributed by atoms with van der Waals surface area (Å²) in [5.41, 5.74) is 0. The molecule has 1 aromatic carbocycles. The van der Waals surface area contributed by atoms with E-state index >= 15 is 0 Å². The molecule has 16 heavy (non-hydrogen) atoms. The Labute approximate surface area is 103 Å². The van der Waals surface area contributed by atoms with Crippen molar-refractivity contribution in [2.45, 2.75) is 39.8 Å². The lowest BCUT2D eigenvalue weighted by Crippen LogP contribution is -2.35. The number of halogens is 1. The molecule has 0 aliphatic rings. The van der Waals surface area contributed by atoms with E-state index in [9.17, 15) is 4.57 Å². The normalized spacial score (nSPS) is 15.8. The number of rotatable bonds is 4. The van der Waals surface area contributed by atoms with Gasteiger partial charge in [-0.25, -0.2) is 4.67 Å². The Bertz CT molecular complexity index is 370. The van der Waals surface area contributed by atoms with Crippen molar-refractivity contribution >= 4 is 23.2 Å². The van der Waals surface area contributed by atoms with E-state index in [2.05, 4.69) is 0 Å². The van der Waals surface area contributed by atoms with Crippen molar-refractivity contribution in [3.8, 4) is 0 Å². The number of benzene rings is 1. The third-order valence-electron chi connectivity index (χ3n) is 2.43. The second-order valence-electron chi connectivity index (χ2n) is 4.41. The van der Waals surface area contributed by atoms with Crippen LogP contribution >= 0.6 is 17.9 Å². The molecule has 0 saturated carbocycles. The lowest BCUT2D eigenvalue weighted by Gasteiger charge is -2.34. The Morgan fingerprint density at radius 2 is 1.50 bits per heavy atom. The van der Waals surface area contributed by atoms with Crippen molar-refractivity contribution in [2.24, 2.45) is 0 Å². The van der Waals surface area contributed by atoms with E-state index in [4.69, 9.17) is 11.2 Å². The third kappa shape index (κ3) is 2.88. The smallest absolute Gasteiger partial charge is 0.264 e. The van der Waals surface area contributed by atoms with Crippen LogP contribution in [0.3, 0.4) is 0 Å². The molecule has 0 N–H and O–H groups in total. The molecule has 2 nitrogen and oxygen atoms in total. The van der Waals surface area contributed by atoms with Gasteiger partial charge >= 0.3 is 0 Å². The summed E-state index contributed by atoms with van der Waals surface area (Å²) in [6.07, 6.45) is 0. The molecule has 90 valence electrons. The van der Waals surface area contributed by atoms with Gasteiger partial charge in [0.2, 0.25) is 0 Å². The second-order valence-corrected chi connectivity index (χ2v) is 7.76. The van der Waals surface area contributed by atoms with Crippen LogP contribution in [-0.2, 0) is 4.57 Å². The Morgan fingerprint density at radius 3 is 1.88 bits per heavy atom. The largest absolute Gasteiger partial charge is 0.284 e. The summed E-state index contributed by atoms with van der Waals surface area (Å²) in [5, 5.41) is 0.707. The first kappa shape index (κ1) is 13.8. The standard InChI is InChI=1S/C12H19ClNOP/c1-10(2)14(11(3)4)16(13,15)12-8-6-5-7-9-12/h5-11H,1-4H3. The average molecular weight is 260 g/mol. The van der Waals surface area contributed by atoms with Gasteiger partial charge < -0.3 is 0 Å². The minimum atomic E-state index is -2.96. The highest BCUT2D eigenvalue weighted by atomic mass is 35.7. The van der Waals surface area contributed by atoms with E-state index in [1.54, 1.807) is 0 Å². The zero-order chi connectivity index (χ0) is 12.3. The van der Waals surface area contributed by atoms with E-state index in [0.717, 1.165) is 0 Å². The van der Waals surface area contributed by atoms with Crippen molar-refractivity contribution in [2.75, 3.05) is 0 Å². The maximum absolute atomic E-state index is 12.7. The van der Waals surface area contributed by atoms with Gasteiger partial charge in [-0.2, -0.15) is 0 Å². The summed E-state index contributed by atoms with van der Waals surface area (Å²) in [4.78, 5) is 0. The first-order valence-corrected chi connectivity index (χ1v) is 8.08. The lowest BCUT2D eigenvalue weighted by molar-refractivity contribution is 0.309. The van der Waals surface area contributed by atoms with Crippen LogP contribution in [0.25, 0.3) is 0 Å². The van der Waals surface area contributed by atoms with Gasteiger partial charge in [0, 0.05) is 17.4 Å². The van der Waals surface area contributed by atoms with Crippen LogP contribution in [0.2, 0.25) is 0 Å². The highest BCUT2D eigenvalue weighted by Gasteiger charge is 2.33. The van der Waals surface area contributed by atoms with Gasteiger partial charge in [0.05, 0.1) is 0 Å². The molecule has 1 rings (SSSR count). The molecule has 0 aliphatic heterocycles. The van der Waals surface area contributed by atoms with Gasteiger partial charge in [0.25, 0.3) is 6.65 Å². The van der Waals surface area contributed by atoms with Gasteiger partial charge in [0.15, 0.2) is 0 Å². The van der Waals surface area contributed by atoms with E-state index in [1.807, 2.05) is 62.7 Å². The number of hydrogen-bond donors (Lipinski definition) is 0. The minimum Gasteiger partial charge on any atom is -0.284 e. The highest BCUT2D eigenvalue weighted by molar-refractivity contribution is 7.93. The number of hydrogen-bond acceptors (Lipinski definition) is 1.